The molecule has 0 fully saturated rings. The second-order valence-electron chi connectivity index (χ2n) is 3.19. The van der Waals surface area contributed by atoms with Gasteiger partial charge in [-0.3, -0.25) is 9.36 Å². The third-order valence-electron chi connectivity index (χ3n) is 2.22. The average Bonchev–Trinajstić information content (AvgIpc) is 2.11. The zero-order chi connectivity index (χ0) is 10.9. The summed E-state index contributed by atoms with van der Waals surface area (Å²) in [5.41, 5.74) is 1.93. The summed E-state index contributed by atoms with van der Waals surface area (Å²) in [5, 5.41) is 8.77. The minimum absolute atomic E-state index is 0.0621. The van der Waals surface area contributed by atoms with E-state index in [9.17, 15) is 4.79 Å². The van der Waals surface area contributed by atoms with Crippen molar-refractivity contribution in [2.24, 2.45) is 0 Å². The van der Waals surface area contributed by atoms with Gasteiger partial charge in [-0.25, -0.2) is 0 Å². The first-order valence-corrected chi connectivity index (χ1v) is 5.50. The number of nitrogens with zero attached hydrogens (tertiary/aromatic N) is 2. The molecular weight excluding hydrogens is 291 g/mol. The van der Waals surface area contributed by atoms with Crippen molar-refractivity contribution in [3.8, 4) is 6.07 Å². The summed E-state index contributed by atoms with van der Waals surface area (Å²) in [6.07, 6.45) is 0. The summed E-state index contributed by atoms with van der Waals surface area (Å²) in [5.74, 6) is 0. The number of rotatable bonds is 1. The van der Waals surface area contributed by atoms with Crippen LogP contribution in [0, 0.1) is 25.2 Å². The molecule has 0 aliphatic rings. The summed E-state index contributed by atoms with van der Waals surface area (Å²) in [4.78, 5) is 11.8. The highest BCUT2D eigenvalue weighted by Crippen LogP contribution is 2.16. The number of alkyl halides is 1. The third kappa shape index (κ3) is 1.82. The van der Waals surface area contributed by atoms with E-state index in [0.717, 1.165) is 11.3 Å². The maximum Gasteiger partial charge on any atom is 0.269 e. The second kappa shape index (κ2) is 4.13. The fourth-order valence-corrected chi connectivity index (χ4v) is 2.03. The van der Waals surface area contributed by atoms with E-state index in [-0.39, 0.29) is 15.2 Å². The van der Waals surface area contributed by atoms with E-state index in [0.29, 0.717) is 0 Å². The van der Waals surface area contributed by atoms with Crippen LogP contribution in [-0.4, -0.2) is 4.57 Å². The van der Waals surface area contributed by atoms with Gasteiger partial charge in [0.05, 0.1) is 4.05 Å². The van der Waals surface area contributed by atoms with Gasteiger partial charge >= 0.3 is 0 Å². The molecule has 0 spiro atoms. The Morgan fingerprint density at radius 3 is 2.57 bits per heavy atom. The minimum atomic E-state index is -0.197. The van der Waals surface area contributed by atoms with Gasteiger partial charge in [0.1, 0.15) is 11.6 Å². The zero-order valence-corrected chi connectivity index (χ0v) is 10.5. The van der Waals surface area contributed by atoms with E-state index in [4.69, 9.17) is 5.26 Å². The molecule has 3 nitrogen and oxygen atoms in total. The van der Waals surface area contributed by atoms with Crippen LogP contribution in [0.4, 0.5) is 0 Å². The van der Waals surface area contributed by atoms with Gasteiger partial charge in [-0.2, -0.15) is 5.26 Å². The summed E-state index contributed by atoms with van der Waals surface area (Å²) < 4.78 is 1.71. The van der Waals surface area contributed by atoms with Crippen LogP contribution >= 0.6 is 22.6 Å². The molecule has 0 amide bonds. The molecule has 0 radical (unpaired) electrons. The van der Waals surface area contributed by atoms with Gasteiger partial charge in [0.25, 0.3) is 5.56 Å². The lowest BCUT2D eigenvalue weighted by molar-refractivity contribution is 0.698. The van der Waals surface area contributed by atoms with E-state index < -0.39 is 0 Å². The van der Waals surface area contributed by atoms with Crippen LogP contribution in [0.1, 0.15) is 27.8 Å². The summed E-state index contributed by atoms with van der Waals surface area (Å²) in [6.45, 7) is 5.73. The number of aromatic nitrogens is 1. The minimum Gasteiger partial charge on any atom is -0.299 e. The van der Waals surface area contributed by atoms with Crippen molar-refractivity contribution in [3.63, 3.8) is 0 Å². The highest BCUT2D eigenvalue weighted by atomic mass is 127. The van der Waals surface area contributed by atoms with Crippen LogP contribution in [0.15, 0.2) is 10.9 Å². The van der Waals surface area contributed by atoms with Gasteiger partial charge in [-0.15, -0.1) is 0 Å². The van der Waals surface area contributed by atoms with E-state index in [2.05, 4.69) is 22.6 Å². The molecule has 0 aromatic carbocycles. The van der Waals surface area contributed by atoms with E-state index in [1.807, 2.05) is 26.8 Å². The third-order valence-corrected chi connectivity index (χ3v) is 2.78. The van der Waals surface area contributed by atoms with Crippen molar-refractivity contribution < 1.29 is 0 Å². The lowest BCUT2D eigenvalue weighted by Crippen LogP contribution is -2.25. The molecular formula is C10H11IN2O. The number of aryl methyl sites for hydroxylation is 1. The van der Waals surface area contributed by atoms with Gasteiger partial charge in [0, 0.05) is 5.69 Å². The SMILES string of the molecule is Cc1cc(C#N)c(=O)n(C(C)I)c1C. The van der Waals surface area contributed by atoms with Gasteiger partial charge in [0.15, 0.2) is 0 Å². The molecule has 1 unspecified atom stereocenters. The smallest absolute Gasteiger partial charge is 0.269 e. The Morgan fingerprint density at radius 1 is 1.57 bits per heavy atom. The molecule has 1 aromatic heterocycles. The first kappa shape index (κ1) is 11.2. The van der Waals surface area contributed by atoms with Gasteiger partial charge in [-0.1, -0.05) is 22.6 Å². The normalized spacial score (nSPS) is 12.2. The van der Waals surface area contributed by atoms with Crippen LogP contribution in [-0.2, 0) is 0 Å². The predicted molar refractivity (Wildman–Crippen MR) is 63.6 cm³/mol. The standard InChI is InChI=1S/C10H11IN2O/c1-6-4-9(5-12)10(14)13(7(6)2)8(3)11/h4,8H,1-3H3. The maximum absolute atomic E-state index is 11.8. The molecule has 1 aromatic rings. The Balaban J connectivity index is 3.64. The van der Waals surface area contributed by atoms with Crippen LogP contribution in [0.2, 0.25) is 0 Å². The highest BCUT2D eigenvalue weighted by Gasteiger charge is 2.11. The van der Waals surface area contributed by atoms with Crippen molar-refractivity contribution in [2.45, 2.75) is 24.8 Å². The molecule has 0 saturated carbocycles. The summed E-state index contributed by atoms with van der Waals surface area (Å²) in [6, 6.07) is 3.57. The Kier molecular flexibility index (Phi) is 3.32. The van der Waals surface area contributed by atoms with Gasteiger partial charge in [0.2, 0.25) is 0 Å². The fraction of sp³-hybridized carbons (Fsp3) is 0.400. The molecule has 0 aliphatic heterocycles. The van der Waals surface area contributed by atoms with E-state index >= 15 is 0 Å². The van der Waals surface area contributed by atoms with Crippen molar-refractivity contribution in [1.82, 2.24) is 4.57 Å². The molecule has 1 rings (SSSR count). The molecule has 0 aliphatic carbocycles. The van der Waals surface area contributed by atoms with Crippen molar-refractivity contribution in [2.75, 3.05) is 0 Å². The molecule has 1 heterocycles. The number of halogens is 1. The Labute approximate surface area is 96.5 Å². The number of nitriles is 1. The number of pyridine rings is 1. The van der Waals surface area contributed by atoms with Crippen molar-refractivity contribution in [3.05, 3.63) is 33.2 Å². The van der Waals surface area contributed by atoms with Crippen molar-refractivity contribution in [1.29, 1.82) is 5.26 Å². The van der Waals surface area contributed by atoms with Gasteiger partial charge < -0.3 is 0 Å². The largest absolute Gasteiger partial charge is 0.299 e. The maximum atomic E-state index is 11.8. The number of hydrogen-bond acceptors (Lipinski definition) is 2. The molecule has 0 saturated heterocycles. The van der Waals surface area contributed by atoms with Crippen LogP contribution in [0.5, 0.6) is 0 Å². The molecule has 0 N–H and O–H groups in total. The molecule has 14 heavy (non-hydrogen) atoms. The fourth-order valence-electron chi connectivity index (χ4n) is 1.36. The Morgan fingerprint density at radius 2 is 2.14 bits per heavy atom. The quantitative estimate of drug-likeness (QED) is 0.590. The summed E-state index contributed by atoms with van der Waals surface area (Å²) in [7, 11) is 0. The lowest BCUT2D eigenvalue weighted by Gasteiger charge is -2.14. The first-order valence-electron chi connectivity index (χ1n) is 4.26. The Bertz CT molecular complexity index is 454. The van der Waals surface area contributed by atoms with Crippen molar-refractivity contribution >= 4 is 22.6 Å². The Hall–Kier alpha value is -0.830. The lowest BCUT2D eigenvalue weighted by atomic mass is 10.1. The predicted octanol–water partition coefficient (Wildman–Crippen LogP) is 2.29. The molecule has 1 atom stereocenters. The monoisotopic (exact) mass is 302 g/mol. The van der Waals surface area contributed by atoms with Crippen LogP contribution in [0.25, 0.3) is 0 Å². The van der Waals surface area contributed by atoms with E-state index in [1.54, 1.807) is 10.6 Å². The second-order valence-corrected chi connectivity index (χ2v) is 4.99. The van der Waals surface area contributed by atoms with Crippen LogP contribution < -0.4 is 5.56 Å². The van der Waals surface area contributed by atoms with E-state index in [1.165, 1.54) is 0 Å². The molecule has 0 bridgehead atoms. The highest BCUT2D eigenvalue weighted by molar-refractivity contribution is 14.1. The zero-order valence-electron chi connectivity index (χ0n) is 8.34. The average molecular weight is 302 g/mol. The first-order chi connectivity index (χ1) is 6.49. The van der Waals surface area contributed by atoms with Gasteiger partial charge in [-0.05, 0) is 32.4 Å². The molecule has 74 valence electrons. The summed E-state index contributed by atoms with van der Waals surface area (Å²) >= 11 is 2.16. The molecule has 4 heteroatoms. The topological polar surface area (TPSA) is 45.8 Å². The van der Waals surface area contributed by atoms with Crippen LogP contribution in [0.3, 0.4) is 0 Å². The number of hydrogen-bond donors (Lipinski definition) is 0.